The molecule has 0 aliphatic carbocycles. The number of ether oxygens (including phenoxy) is 1. The molecule has 0 saturated carbocycles. The van der Waals surface area contributed by atoms with Gasteiger partial charge >= 0.3 is 6.03 Å². The van der Waals surface area contributed by atoms with Crippen LogP contribution >= 0.6 is 11.3 Å². The molecule has 1 aliphatic rings. The van der Waals surface area contributed by atoms with Crippen LogP contribution in [0.15, 0.2) is 41.8 Å². The number of urea groups is 1. The molecule has 5 heteroatoms. The van der Waals surface area contributed by atoms with E-state index in [0.717, 1.165) is 25.1 Å². The van der Waals surface area contributed by atoms with Gasteiger partial charge in [0.1, 0.15) is 5.75 Å². The van der Waals surface area contributed by atoms with E-state index in [9.17, 15) is 4.79 Å². The normalized spacial score (nSPS) is 17.3. The number of amides is 2. The van der Waals surface area contributed by atoms with Gasteiger partial charge in [-0.2, -0.15) is 0 Å². The Balaban J connectivity index is 1.63. The van der Waals surface area contributed by atoms with Crippen LogP contribution in [0.4, 0.5) is 4.79 Å². The van der Waals surface area contributed by atoms with Crippen LogP contribution < -0.4 is 10.1 Å². The van der Waals surface area contributed by atoms with Gasteiger partial charge in [0.05, 0.1) is 19.2 Å². The van der Waals surface area contributed by atoms with Crippen LogP contribution in [0.25, 0.3) is 0 Å². The van der Waals surface area contributed by atoms with Gasteiger partial charge in [0, 0.05) is 11.4 Å². The summed E-state index contributed by atoms with van der Waals surface area (Å²) < 4.78 is 5.49. The molecule has 1 fully saturated rings. The molecule has 122 valence electrons. The number of thiophene rings is 1. The van der Waals surface area contributed by atoms with Crippen molar-refractivity contribution in [3.8, 4) is 5.75 Å². The van der Waals surface area contributed by atoms with Crippen molar-refractivity contribution in [2.75, 3.05) is 13.2 Å². The zero-order valence-corrected chi connectivity index (χ0v) is 14.1. The van der Waals surface area contributed by atoms with Crippen LogP contribution in [0.1, 0.15) is 36.2 Å². The van der Waals surface area contributed by atoms with Crippen LogP contribution in [0.3, 0.4) is 0 Å². The fourth-order valence-corrected chi connectivity index (χ4v) is 3.63. The maximum absolute atomic E-state index is 12.5. The Labute approximate surface area is 141 Å². The number of benzene rings is 1. The molecule has 1 N–H and O–H groups in total. The van der Waals surface area contributed by atoms with Crippen molar-refractivity contribution in [3.63, 3.8) is 0 Å². The second-order valence-electron chi connectivity index (χ2n) is 5.59. The molecule has 2 heterocycles. The predicted octanol–water partition coefficient (Wildman–Crippen LogP) is 4.19. The van der Waals surface area contributed by atoms with E-state index >= 15 is 0 Å². The van der Waals surface area contributed by atoms with E-state index in [0.29, 0.717) is 13.2 Å². The Kier molecular flexibility index (Phi) is 5.18. The van der Waals surface area contributed by atoms with E-state index in [4.69, 9.17) is 4.74 Å². The zero-order chi connectivity index (χ0) is 16.1. The molecular weight excluding hydrogens is 308 g/mol. The van der Waals surface area contributed by atoms with Crippen molar-refractivity contribution in [2.45, 2.75) is 32.4 Å². The van der Waals surface area contributed by atoms with E-state index < -0.39 is 0 Å². The minimum Gasteiger partial charge on any atom is -0.494 e. The summed E-state index contributed by atoms with van der Waals surface area (Å²) in [6.07, 6.45) is 2.06. The highest BCUT2D eigenvalue weighted by Crippen LogP contribution is 2.32. The molecule has 1 aromatic heterocycles. The lowest BCUT2D eigenvalue weighted by molar-refractivity contribution is 0.192. The number of nitrogens with zero attached hydrogens (tertiary/aromatic N) is 1. The van der Waals surface area contributed by atoms with Gasteiger partial charge in [-0.3, -0.25) is 0 Å². The molecule has 2 amide bonds. The molecule has 1 atom stereocenters. The molecule has 1 aliphatic heterocycles. The molecule has 2 aromatic rings. The SMILES string of the molecule is CCOc1ccc(C2CCCN2C(=O)NCc2cccs2)cc1. The number of nitrogens with one attached hydrogen (secondary N) is 1. The van der Waals surface area contributed by atoms with Crippen molar-refractivity contribution in [1.29, 1.82) is 0 Å². The lowest BCUT2D eigenvalue weighted by Gasteiger charge is -2.25. The predicted molar refractivity (Wildman–Crippen MR) is 92.8 cm³/mol. The Bertz CT molecular complexity index is 625. The molecule has 23 heavy (non-hydrogen) atoms. The first-order chi connectivity index (χ1) is 11.3. The highest BCUT2D eigenvalue weighted by Gasteiger charge is 2.29. The Morgan fingerprint density at radius 1 is 1.35 bits per heavy atom. The van der Waals surface area contributed by atoms with Crippen molar-refractivity contribution in [2.24, 2.45) is 0 Å². The third kappa shape index (κ3) is 3.85. The van der Waals surface area contributed by atoms with E-state index in [1.165, 1.54) is 10.4 Å². The number of carbonyl (C=O) groups excluding carboxylic acids is 1. The first-order valence-corrected chi connectivity index (χ1v) is 8.95. The maximum Gasteiger partial charge on any atom is 0.318 e. The van der Waals surface area contributed by atoms with Gasteiger partial charge in [-0.1, -0.05) is 18.2 Å². The first-order valence-electron chi connectivity index (χ1n) is 8.07. The first kappa shape index (κ1) is 15.9. The van der Waals surface area contributed by atoms with Crippen LogP contribution in [0, 0.1) is 0 Å². The van der Waals surface area contributed by atoms with Crippen LogP contribution in [0.5, 0.6) is 5.75 Å². The van der Waals surface area contributed by atoms with E-state index in [1.807, 2.05) is 41.5 Å². The van der Waals surface area contributed by atoms with Gasteiger partial charge in [-0.05, 0) is 48.9 Å². The Morgan fingerprint density at radius 3 is 2.87 bits per heavy atom. The highest BCUT2D eigenvalue weighted by molar-refractivity contribution is 7.09. The van der Waals surface area contributed by atoms with Gasteiger partial charge in [0.15, 0.2) is 0 Å². The quantitative estimate of drug-likeness (QED) is 0.893. The molecule has 0 bridgehead atoms. The van der Waals surface area contributed by atoms with Crippen molar-refractivity contribution in [3.05, 3.63) is 52.2 Å². The van der Waals surface area contributed by atoms with Crippen LogP contribution in [-0.4, -0.2) is 24.1 Å². The largest absolute Gasteiger partial charge is 0.494 e. The molecular formula is C18H22N2O2S. The fourth-order valence-electron chi connectivity index (χ4n) is 2.99. The fraction of sp³-hybridized carbons (Fsp3) is 0.389. The molecule has 1 unspecified atom stereocenters. The molecule has 3 rings (SSSR count). The standard InChI is InChI=1S/C18H22N2O2S/c1-2-22-15-9-7-14(8-10-15)17-6-3-11-20(17)18(21)19-13-16-5-4-12-23-16/h4-5,7-10,12,17H,2-3,6,11,13H2,1H3,(H,19,21). The number of hydrogen-bond donors (Lipinski definition) is 1. The second-order valence-corrected chi connectivity index (χ2v) is 6.62. The summed E-state index contributed by atoms with van der Waals surface area (Å²) in [5, 5.41) is 5.06. The maximum atomic E-state index is 12.5. The average molecular weight is 330 g/mol. The molecule has 0 radical (unpaired) electrons. The monoisotopic (exact) mass is 330 g/mol. The van der Waals surface area contributed by atoms with Gasteiger partial charge in [-0.15, -0.1) is 11.3 Å². The minimum atomic E-state index is 0.0229. The molecule has 1 aromatic carbocycles. The highest BCUT2D eigenvalue weighted by atomic mass is 32.1. The third-order valence-corrected chi connectivity index (χ3v) is 4.96. The van der Waals surface area contributed by atoms with E-state index in [-0.39, 0.29) is 12.1 Å². The van der Waals surface area contributed by atoms with E-state index in [1.54, 1.807) is 11.3 Å². The van der Waals surface area contributed by atoms with Crippen molar-refractivity contribution in [1.82, 2.24) is 10.2 Å². The Morgan fingerprint density at radius 2 is 2.17 bits per heavy atom. The average Bonchev–Trinajstić information content (AvgIpc) is 3.25. The summed E-state index contributed by atoms with van der Waals surface area (Å²) in [4.78, 5) is 15.6. The van der Waals surface area contributed by atoms with Crippen LogP contribution in [0.2, 0.25) is 0 Å². The third-order valence-electron chi connectivity index (χ3n) is 4.08. The summed E-state index contributed by atoms with van der Waals surface area (Å²) in [6, 6.07) is 12.3. The Hall–Kier alpha value is -2.01. The van der Waals surface area contributed by atoms with Gasteiger partial charge in [-0.25, -0.2) is 4.79 Å². The van der Waals surface area contributed by atoms with Crippen molar-refractivity contribution >= 4 is 17.4 Å². The number of hydrogen-bond acceptors (Lipinski definition) is 3. The molecule has 0 spiro atoms. The molecule has 4 nitrogen and oxygen atoms in total. The zero-order valence-electron chi connectivity index (χ0n) is 13.3. The topological polar surface area (TPSA) is 41.6 Å². The molecule has 1 saturated heterocycles. The lowest BCUT2D eigenvalue weighted by atomic mass is 10.0. The number of rotatable bonds is 5. The van der Waals surface area contributed by atoms with Gasteiger partial charge in [0.25, 0.3) is 0 Å². The van der Waals surface area contributed by atoms with Crippen molar-refractivity contribution < 1.29 is 9.53 Å². The summed E-state index contributed by atoms with van der Waals surface area (Å²) in [7, 11) is 0. The second kappa shape index (κ2) is 7.51. The van der Waals surface area contributed by atoms with E-state index in [2.05, 4.69) is 17.4 Å². The van der Waals surface area contributed by atoms with Crippen LogP contribution in [-0.2, 0) is 6.54 Å². The number of likely N-dealkylation sites (tertiary alicyclic amines) is 1. The summed E-state index contributed by atoms with van der Waals surface area (Å²) in [6.45, 7) is 4.06. The summed E-state index contributed by atoms with van der Waals surface area (Å²) in [5.41, 5.74) is 1.18. The smallest absolute Gasteiger partial charge is 0.318 e. The number of carbonyl (C=O) groups is 1. The minimum absolute atomic E-state index is 0.0229. The van der Waals surface area contributed by atoms with Gasteiger partial charge in [0.2, 0.25) is 0 Å². The lowest BCUT2D eigenvalue weighted by Crippen LogP contribution is -2.39. The van der Waals surface area contributed by atoms with Gasteiger partial charge < -0.3 is 15.0 Å². The summed E-state index contributed by atoms with van der Waals surface area (Å²) in [5.74, 6) is 0.878. The summed E-state index contributed by atoms with van der Waals surface area (Å²) >= 11 is 1.66.